The second-order valence-electron chi connectivity index (χ2n) is 5.37. The number of halogens is 2. The Labute approximate surface area is 153 Å². The van der Waals surface area contributed by atoms with E-state index in [2.05, 4.69) is 20.3 Å². The molecule has 1 amide bonds. The number of rotatable bonds is 10. The number of aromatic amines is 1. The maximum atomic E-state index is 12.1. The molecule has 142 valence electrons. The lowest BCUT2D eigenvalue weighted by Crippen LogP contribution is -2.27. The van der Waals surface area contributed by atoms with Crippen molar-refractivity contribution in [1.29, 1.82) is 0 Å². The summed E-state index contributed by atoms with van der Waals surface area (Å²) in [6.45, 7) is 0.0644. The highest BCUT2D eigenvalue weighted by atomic mass is 32.2. The van der Waals surface area contributed by atoms with E-state index in [1.165, 1.54) is 28.5 Å². The first-order chi connectivity index (χ1) is 12.5. The number of alkyl halides is 2. The van der Waals surface area contributed by atoms with E-state index in [0.717, 1.165) is 12.0 Å². The molecule has 1 heterocycles. The molecule has 0 aliphatic carbocycles. The lowest BCUT2D eigenvalue weighted by molar-refractivity contribution is -0.118. The highest BCUT2D eigenvalue weighted by Crippen LogP contribution is 2.15. The van der Waals surface area contributed by atoms with Gasteiger partial charge in [-0.3, -0.25) is 9.36 Å². The van der Waals surface area contributed by atoms with Crippen molar-refractivity contribution < 1.29 is 18.3 Å². The van der Waals surface area contributed by atoms with Crippen LogP contribution >= 0.6 is 11.8 Å². The Morgan fingerprint density at radius 2 is 2.12 bits per heavy atom. The first-order valence-electron chi connectivity index (χ1n) is 8.08. The summed E-state index contributed by atoms with van der Waals surface area (Å²) in [5.41, 5.74) is 0.609. The van der Waals surface area contributed by atoms with Gasteiger partial charge in [-0.2, -0.15) is 8.78 Å². The van der Waals surface area contributed by atoms with E-state index in [-0.39, 0.29) is 23.1 Å². The molecule has 2 N–H and O–H groups in total. The first kappa shape index (κ1) is 20.0. The SMILES string of the molecule is CCCn1c(SCC(=O)NCCc2ccc(OC(F)F)cc2)n[nH]c1=O. The topological polar surface area (TPSA) is 89.0 Å². The smallest absolute Gasteiger partial charge is 0.387 e. The van der Waals surface area contributed by atoms with Gasteiger partial charge >= 0.3 is 12.3 Å². The van der Waals surface area contributed by atoms with E-state index >= 15 is 0 Å². The van der Waals surface area contributed by atoms with Gasteiger partial charge in [0.2, 0.25) is 5.91 Å². The van der Waals surface area contributed by atoms with Gasteiger partial charge in [-0.15, -0.1) is 5.10 Å². The largest absolute Gasteiger partial charge is 0.435 e. The van der Waals surface area contributed by atoms with Crippen LogP contribution in [0.25, 0.3) is 0 Å². The van der Waals surface area contributed by atoms with Crippen molar-refractivity contribution in [2.75, 3.05) is 12.3 Å². The lowest BCUT2D eigenvalue weighted by atomic mass is 10.1. The lowest BCUT2D eigenvalue weighted by Gasteiger charge is -2.07. The molecule has 7 nitrogen and oxygen atoms in total. The van der Waals surface area contributed by atoms with Crippen molar-refractivity contribution in [2.45, 2.75) is 38.1 Å². The molecule has 1 aromatic heterocycles. The van der Waals surface area contributed by atoms with Gasteiger partial charge in [-0.25, -0.2) is 9.89 Å². The molecule has 0 radical (unpaired) electrons. The van der Waals surface area contributed by atoms with Crippen molar-refractivity contribution in [1.82, 2.24) is 20.1 Å². The van der Waals surface area contributed by atoms with Crippen molar-refractivity contribution in [3.8, 4) is 5.75 Å². The fraction of sp³-hybridized carbons (Fsp3) is 0.438. The normalized spacial score (nSPS) is 10.9. The standard InChI is InChI=1S/C16H20F2N4O3S/c1-2-9-22-15(24)20-21-16(22)26-10-13(23)19-8-7-11-3-5-12(6-4-11)25-14(17)18/h3-6,14H,2,7-10H2,1H3,(H,19,23)(H,20,24). The summed E-state index contributed by atoms with van der Waals surface area (Å²) >= 11 is 1.19. The molecule has 0 saturated heterocycles. The van der Waals surface area contributed by atoms with Crippen LogP contribution in [0.2, 0.25) is 0 Å². The number of hydrogen-bond acceptors (Lipinski definition) is 5. The summed E-state index contributed by atoms with van der Waals surface area (Å²) in [5, 5.41) is 9.54. The predicted octanol–water partition coefficient (Wildman–Crippen LogP) is 2.03. The van der Waals surface area contributed by atoms with Gasteiger partial charge in [-0.05, 0) is 30.5 Å². The Bertz CT molecular complexity index is 762. The van der Waals surface area contributed by atoms with Crippen LogP contribution in [0.1, 0.15) is 18.9 Å². The Balaban J connectivity index is 1.73. The van der Waals surface area contributed by atoms with Crippen LogP contribution in [-0.4, -0.2) is 39.6 Å². The summed E-state index contributed by atoms with van der Waals surface area (Å²) in [5.74, 6) is 0.0716. The number of hydrogen-bond donors (Lipinski definition) is 2. The average molecular weight is 386 g/mol. The maximum Gasteiger partial charge on any atom is 0.387 e. The zero-order valence-corrected chi connectivity index (χ0v) is 15.0. The van der Waals surface area contributed by atoms with E-state index in [4.69, 9.17) is 0 Å². The summed E-state index contributed by atoms with van der Waals surface area (Å²) in [4.78, 5) is 23.5. The van der Waals surface area contributed by atoms with E-state index < -0.39 is 6.61 Å². The third kappa shape index (κ3) is 6.17. The van der Waals surface area contributed by atoms with Crippen LogP contribution < -0.4 is 15.7 Å². The number of nitrogens with one attached hydrogen (secondary N) is 2. The molecule has 2 aromatic rings. The number of H-pyrrole nitrogens is 1. The molecule has 26 heavy (non-hydrogen) atoms. The van der Waals surface area contributed by atoms with E-state index in [0.29, 0.717) is 24.7 Å². The highest BCUT2D eigenvalue weighted by molar-refractivity contribution is 7.99. The van der Waals surface area contributed by atoms with Crippen LogP contribution in [0.4, 0.5) is 8.78 Å². The minimum absolute atomic E-state index is 0.0984. The predicted molar refractivity (Wildman–Crippen MR) is 93.7 cm³/mol. The molecule has 0 fully saturated rings. The minimum atomic E-state index is -2.85. The van der Waals surface area contributed by atoms with Crippen LogP contribution in [0.15, 0.2) is 34.2 Å². The number of thioether (sulfide) groups is 1. The van der Waals surface area contributed by atoms with Gasteiger partial charge in [0.25, 0.3) is 0 Å². The van der Waals surface area contributed by atoms with Gasteiger partial charge in [0.05, 0.1) is 5.75 Å². The average Bonchev–Trinajstić information content (AvgIpc) is 2.95. The van der Waals surface area contributed by atoms with Crippen LogP contribution in [0.3, 0.4) is 0 Å². The number of amides is 1. The zero-order valence-electron chi connectivity index (χ0n) is 14.2. The molecule has 0 spiro atoms. The second-order valence-corrected chi connectivity index (χ2v) is 6.32. The van der Waals surface area contributed by atoms with Gasteiger partial charge < -0.3 is 10.1 Å². The fourth-order valence-corrected chi connectivity index (χ4v) is 3.00. The molecular formula is C16H20F2N4O3S. The Morgan fingerprint density at radius 3 is 2.77 bits per heavy atom. The number of benzene rings is 1. The van der Waals surface area contributed by atoms with Crippen molar-refractivity contribution >= 4 is 17.7 Å². The van der Waals surface area contributed by atoms with Gasteiger partial charge in [-0.1, -0.05) is 30.8 Å². The van der Waals surface area contributed by atoms with Crippen molar-refractivity contribution in [2.24, 2.45) is 0 Å². The van der Waals surface area contributed by atoms with Crippen LogP contribution in [-0.2, 0) is 17.8 Å². The third-order valence-corrected chi connectivity index (χ3v) is 4.36. The number of carbonyl (C=O) groups excluding carboxylic acids is 1. The van der Waals surface area contributed by atoms with E-state index in [1.54, 1.807) is 12.1 Å². The molecule has 1 aromatic carbocycles. The van der Waals surface area contributed by atoms with E-state index in [1.807, 2.05) is 6.92 Å². The Hall–Kier alpha value is -2.36. The highest BCUT2D eigenvalue weighted by Gasteiger charge is 2.10. The number of ether oxygens (including phenoxy) is 1. The second kappa shape index (κ2) is 9.95. The number of nitrogens with zero attached hydrogens (tertiary/aromatic N) is 2. The monoisotopic (exact) mass is 386 g/mol. The summed E-state index contributed by atoms with van der Waals surface area (Å²) in [6.07, 6.45) is 1.36. The molecule has 2 rings (SSSR count). The van der Waals surface area contributed by atoms with Gasteiger partial charge in [0.1, 0.15) is 5.75 Å². The van der Waals surface area contributed by atoms with E-state index in [9.17, 15) is 18.4 Å². The summed E-state index contributed by atoms with van der Waals surface area (Å²) in [7, 11) is 0. The number of aromatic nitrogens is 3. The molecule has 0 aliphatic heterocycles. The Kier molecular flexibility index (Phi) is 7.64. The molecule has 0 bridgehead atoms. The fourth-order valence-electron chi connectivity index (χ4n) is 2.20. The molecule has 0 saturated carbocycles. The zero-order chi connectivity index (χ0) is 18.9. The maximum absolute atomic E-state index is 12.1. The molecule has 0 atom stereocenters. The van der Waals surface area contributed by atoms with Crippen LogP contribution in [0.5, 0.6) is 5.75 Å². The Morgan fingerprint density at radius 1 is 1.38 bits per heavy atom. The minimum Gasteiger partial charge on any atom is -0.435 e. The molecule has 10 heteroatoms. The van der Waals surface area contributed by atoms with Gasteiger partial charge in [0, 0.05) is 13.1 Å². The molecule has 0 unspecified atom stereocenters. The van der Waals surface area contributed by atoms with Crippen LogP contribution in [0, 0.1) is 0 Å². The van der Waals surface area contributed by atoms with Crippen molar-refractivity contribution in [3.63, 3.8) is 0 Å². The summed E-state index contributed by atoms with van der Waals surface area (Å²) < 4.78 is 29.9. The molecule has 0 aliphatic rings. The quantitative estimate of drug-likeness (QED) is 0.610. The molecular weight excluding hydrogens is 366 g/mol. The van der Waals surface area contributed by atoms with Gasteiger partial charge in [0.15, 0.2) is 5.16 Å². The number of carbonyl (C=O) groups is 1. The summed E-state index contributed by atoms with van der Waals surface area (Å²) in [6, 6.07) is 6.27. The first-order valence-corrected chi connectivity index (χ1v) is 9.06. The van der Waals surface area contributed by atoms with Crippen molar-refractivity contribution in [3.05, 3.63) is 40.3 Å². The third-order valence-electron chi connectivity index (χ3n) is 3.39.